The zero-order valence-electron chi connectivity index (χ0n) is 32.8. The van der Waals surface area contributed by atoms with E-state index in [0.717, 1.165) is 39.2 Å². The highest BCUT2D eigenvalue weighted by molar-refractivity contribution is 7.26. The van der Waals surface area contributed by atoms with E-state index in [0.29, 0.717) is 5.95 Å². The molecule has 4 nitrogen and oxygen atoms in total. The number of aromatic nitrogens is 4. The number of hydrogen-bond donors (Lipinski definition) is 0. The van der Waals surface area contributed by atoms with Crippen molar-refractivity contribution < 1.29 is 0 Å². The van der Waals surface area contributed by atoms with Gasteiger partial charge in [-0.3, -0.25) is 4.57 Å². The van der Waals surface area contributed by atoms with Crippen molar-refractivity contribution in [2.45, 2.75) is 0 Å². The van der Waals surface area contributed by atoms with Gasteiger partial charge in [-0.05, 0) is 76.5 Å². The van der Waals surface area contributed by atoms with E-state index >= 15 is 0 Å². The van der Waals surface area contributed by atoms with Crippen molar-refractivity contribution in [2.75, 3.05) is 0 Å². The van der Waals surface area contributed by atoms with Crippen LogP contribution >= 0.6 is 11.3 Å². The van der Waals surface area contributed by atoms with E-state index in [-0.39, 0.29) is 0 Å². The van der Waals surface area contributed by atoms with Crippen LogP contribution in [0.4, 0.5) is 0 Å². The summed E-state index contributed by atoms with van der Waals surface area (Å²) in [7, 11) is 0. The molecule has 0 aliphatic carbocycles. The van der Waals surface area contributed by atoms with Crippen LogP contribution in [0.5, 0.6) is 0 Å². The van der Waals surface area contributed by atoms with Crippen LogP contribution in [0.3, 0.4) is 0 Å². The molecule has 0 fully saturated rings. The third-order valence-electron chi connectivity index (χ3n) is 12.3. The number of para-hydroxylation sites is 2. The lowest BCUT2D eigenvalue weighted by Gasteiger charge is -2.14. The Bertz CT molecular complexity index is 3800. The van der Waals surface area contributed by atoms with Crippen LogP contribution < -0.4 is 0 Å². The van der Waals surface area contributed by atoms with Gasteiger partial charge in [-0.2, -0.15) is 0 Å². The Hall–Kier alpha value is -7.86. The van der Waals surface area contributed by atoms with Crippen LogP contribution in [0.2, 0.25) is 0 Å². The SMILES string of the molecule is c1ccc(-c2cc(-c3ccccc3)nc(-n3c4ccccc4c4c5c(ccc43)sc3cc4c(cc35)c3ccccc3n4-c3cc(-c4ccccc4)c4ccccc4c3)n2)cc1. The summed E-state index contributed by atoms with van der Waals surface area (Å²) in [6.07, 6.45) is 0. The Balaban J connectivity index is 1.09. The second kappa shape index (κ2) is 13.3. The summed E-state index contributed by atoms with van der Waals surface area (Å²) in [6, 6.07) is 74.2. The van der Waals surface area contributed by atoms with Crippen LogP contribution in [0, 0.1) is 0 Å². The largest absolute Gasteiger partial charge is 0.309 e. The zero-order chi connectivity index (χ0) is 40.0. The van der Waals surface area contributed by atoms with E-state index in [2.05, 4.69) is 203 Å². The fraction of sp³-hybridized carbons (Fsp3) is 0. The van der Waals surface area contributed by atoms with Crippen molar-refractivity contribution in [1.29, 1.82) is 0 Å². The summed E-state index contributed by atoms with van der Waals surface area (Å²) >= 11 is 1.87. The molecule has 61 heavy (non-hydrogen) atoms. The highest BCUT2D eigenvalue weighted by Crippen LogP contribution is 2.46. The monoisotopic (exact) mass is 794 g/mol. The molecule has 0 saturated carbocycles. The Labute approximate surface area is 354 Å². The molecule has 0 amide bonds. The lowest BCUT2D eigenvalue weighted by atomic mass is 9.97. The van der Waals surface area contributed by atoms with E-state index in [9.17, 15) is 0 Å². The molecule has 9 aromatic carbocycles. The van der Waals surface area contributed by atoms with Crippen molar-refractivity contribution in [3.8, 4) is 45.3 Å². The van der Waals surface area contributed by atoms with E-state index in [1.807, 2.05) is 23.5 Å². The molecule has 13 aromatic rings. The summed E-state index contributed by atoms with van der Waals surface area (Å²) in [4.78, 5) is 10.6. The van der Waals surface area contributed by atoms with E-state index in [1.54, 1.807) is 0 Å². The van der Waals surface area contributed by atoms with Gasteiger partial charge in [-0.1, -0.05) is 152 Å². The van der Waals surface area contributed by atoms with Crippen molar-refractivity contribution in [3.05, 3.63) is 206 Å². The maximum Gasteiger partial charge on any atom is 0.235 e. The average molecular weight is 795 g/mol. The average Bonchev–Trinajstić information content (AvgIpc) is 3.98. The first-order valence-electron chi connectivity index (χ1n) is 20.7. The Kier molecular flexibility index (Phi) is 7.44. The molecule has 0 N–H and O–H groups in total. The normalized spacial score (nSPS) is 11.9. The second-order valence-electron chi connectivity index (χ2n) is 15.8. The van der Waals surface area contributed by atoms with Gasteiger partial charge >= 0.3 is 0 Å². The molecule has 5 heteroatoms. The molecule has 0 bridgehead atoms. The third-order valence-corrected chi connectivity index (χ3v) is 13.4. The molecule has 0 saturated heterocycles. The van der Waals surface area contributed by atoms with E-state index < -0.39 is 0 Å². The third kappa shape index (κ3) is 5.24. The molecule has 0 radical (unpaired) electrons. The van der Waals surface area contributed by atoms with Crippen LogP contribution in [-0.4, -0.2) is 19.1 Å². The minimum absolute atomic E-state index is 0.654. The van der Waals surface area contributed by atoms with Crippen molar-refractivity contribution in [2.24, 2.45) is 0 Å². The molecule has 4 aromatic heterocycles. The molecule has 0 aliphatic rings. The maximum atomic E-state index is 5.30. The molecule has 0 aliphatic heterocycles. The topological polar surface area (TPSA) is 35.6 Å². The summed E-state index contributed by atoms with van der Waals surface area (Å²) in [5.74, 6) is 0.654. The van der Waals surface area contributed by atoms with Gasteiger partial charge in [0.15, 0.2) is 0 Å². The highest BCUT2D eigenvalue weighted by Gasteiger charge is 2.22. The van der Waals surface area contributed by atoms with Crippen molar-refractivity contribution in [3.63, 3.8) is 0 Å². The Morgan fingerprint density at radius 2 is 0.934 bits per heavy atom. The second-order valence-corrected chi connectivity index (χ2v) is 16.8. The summed E-state index contributed by atoms with van der Waals surface area (Å²) in [5, 5.41) is 9.89. The molecule has 13 rings (SSSR count). The number of benzene rings is 9. The van der Waals surface area contributed by atoms with Gasteiger partial charge in [0.25, 0.3) is 0 Å². The van der Waals surface area contributed by atoms with Crippen LogP contribution in [0.15, 0.2) is 206 Å². The Morgan fingerprint density at radius 3 is 1.64 bits per heavy atom. The van der Waals surface area contributed by atoms with Crippen LogP contribution in [0.1, 0.15) is 0 Å². The van der Waals surface area contributed by atoms with Gasteiger partial charge in [0.05, 0.1) is 33.5 Å². The minimum Gasteiger partial charge on any atom is -0.309 e. The number of rotatable bonds is 5. The van der Waals surface area contributed by atoms with E-state index in [4.69, 9.17) is 9.97 Å². The van der Waals surface area contributed by atoms with Gasteiger partial charge in [0.2, 0.25) is 5.95 Å². The molecule has 0 spiro atoms. The predicted octanol–water partition coefficient (Wildman–Crippen LogP) is 15.2. The number of fused-ring (bicyclic) bond motifs is 11. The minimum atomic E-state index is 0.654. The van der Waals surface area contributed by atoms with Gasteiger partial charge in [0, 0.05) is 58.5 Å². The fourth-order valence-electron chi connectivity index (χ4n) is 9.61. The van der Waals surface area contributed by atoms with Crippen LogP contribution in [0.25, 0.3) is 120 Å². The van der Waals surface area contributed by atoms with Crippen molar-refractivity contribution >= 4 is 85.9 Å². The summed E-state index contributed by atoms with van der Waals surface area (Å²) in [5.41, 5.74) is 12.0. The lowest BCUT2D eigenvalue weighted by molar-refractivity contribution is 0.996. The predicted molar refractivity (Wildman–Crippen MR) is 257 cm³/mol. The first-order valence-corrected chi connectivity index (χ1v) is 21.5. The van der Waals surface area contributed by atoms with Gasteiger partial charge < -0.3 is 4.57 Å². The van der Waals surface area contributed by atoms with E-state index in [1.165, 1.54) is 74.6 Å². The van der Waals surface area contributed by atoms with Gasteiger partial charge in [-0.25, -0.2) is 9.97 Å². The van der Waals surface area contributed by atoms with Crippen molar-refractivity contribution in [1.82, 2.24) is 19.1 Å². The molecule has 4 heterocycles. The first kappa shape index (κ1) is 34.0. The van der Waals surface area contributed by atoms with Crippen LogP contribution in [-0.2, 0) is 0 Å². The number of nitrogens with zero attached hydrogens (tertiary/aromatic N) is 4. The fourth-order valence-corrected chi connectivity index (χ4v) is 10.7. The molecular formula is C56H34N4S. The standard InChI is InChI=1S/C56H34N4S/c1-4-16-35(17-5-1)43-31-39(30-38-22-10-11-23-40(38)43)59-48-26-14-12-24-41(48)44-32-45-53(34-51(44)59)61-52-29-28-50-54(55(45)52)42-25-13-15-27-49(42)60(50)56-57-46(36-18-6-2-7-19-36)33-47(58-56)37-20-8-3-9-21-37/h1-34H. The maximum absolute atomic E-state index is 5.30. The number of thiophene rings is 1. The van der Waals surface area contributed by atoms with Gasteiger partial charge in [0.1, 0.15) is 0 Å². The first-order chi connectivity index (χ1) is 30.2. The molecule has 0 atom stereocenters. The molecule has 284 valence electrons. The Morgan fingerprint density at radius 1 is 0.344 bits per heavy atom. The zero-order valence-corrected chi connectivity index (χ0v) is 33.6. The smallest absolute Gasteiger partial charge is 0.235 e. The summed E-state index contributed by atoms with van der Waals surface area (Å²) in [6.45, 7) is 0. The highest BCUT2D eigenvalue weighted by atomic mass is 32.1. The molecule has 0 unspecified atom stereocenters. The molecular weight excluding hydrogens is 761 g/mol. The quantitative estimate of drug-likeness (QED) is 0.174. The number of hydrogen-bond acceptors (Lipinski definition) is 3. The lowest BCUT2D eigenvalue weighted by Crippen LogP contribution is -2.03. The summed E-state index contributed by atoms with van der Waals surface area (Å²) < 4.78 is 7.25. The van der Waals surface area contributed by atoms with Gasteiger partial charge in [-0.15, -0.1) is 11.3 Å².